The van der Waals surface area contributed by atoms with Gasteiger partial charge in [0.15, 0.2) is 6.49 Å². The summed E-state index contributed by atoms with van der Waals surface area (Å²) in [5.41, 5.74) is 0. The lowest BCUT2D eigenvalue weighted by molar-refractivity contribution is 0.0486. The Bertz CT molecular complexity index is 273. The molecule has 0 N–H and O–H groups in total. The van der Waals surface area contributed by atoms with E-state index < -0.39 is 6.49 Å². The molecule has 1 heterocycles. The quantitative estimate of drug-likeness (QED) is 0.672. The lowest BCUT2D eigenvalue weighted by Gasteiger charge is -2.39. The number of hydrogen-bond donors (Lipinski definition) is 0. The maximum absolute atomic E-state index is 5.71. The molecule has 1 saturated carbocycles. The van der Waals surface area contributed by atoms with Crippen molar-refractivity contribution in [2.75, 3.05) is 19.9 Å². The fraction of sp³-hybridized carbons (Fsp3) is 1.00. The minimum Gasteiger partial charge on any atom is -0.329 e. The first-order valence-corrected chi connectivity index (χ1v) is 9.41. The van der Waals surface area contributed by atoms with Crippen LogP contribution < -0.4 is 0 Å². The third-order valence-electron chi connectivity index (χ3n) is 3.93. The van der Waals surface area contributed by atoms with Gasteiger partial charge < -0.3 is 9.05 Å². The van der Waals surface area contributed by atoms with Crippen molar-refractivity contribution in [2.24, 2.45) is 23.7 Å². The van der Waals surface area contributed by atoms with Crippen LogP contribution in [0.25, 0.3) is 0 Å². The average Bonchev–Trinajstić information content (AvgIpc) is 2.15. The third-order valence-corrected chi connectivity index (χ3v) is 5.80. The second-order valence-electron chi connectivity index (χ2n) is 5.80. The molecule has 2 rings (SSSR count). The van der Waals surface area contributed by atoms with Crippen molar-refractivity contribution in [2.45, 2.75) is 33.1 Å². The van der Waals surface area contributed by atoms with Crippen LogP contribution in [0.5, 0.6) is 0 Å². The van der Waals surface area contributed by atoms with Gasteiger partial charge in [-0.05, 0) is 48.8 Å². The molecule has 94 valence electrons. The van der Waals surface area contributed by atoms with Crippen molar-refractivity contribution < 1.29 is 9.05 Å². The zero-order valence-corrected chi connectivity index (χ0v) is 12.2. The van der Waals surface area contributed by atoms with Crippen LogP contribution in [0.1, 0.15) is 33.1 Å². The van der Waals surface area contributed by atoms with Gasteiger partial charge in [0.1, 0.15) is 0 Å². The van der Waals surface area contributed by atoms with Crippen molar-refractivity contribution in [3.8, 4) is 0 Å². The summed E-state index contributed by atoms with van der Waals surface area (Å²) < 4.78 is 11.4. The maximum atomic E-state index is 5.71. The van der Waals surface area contributed by atoms with Crippen molar-refractivity contribution in [1.29, 1.82) is 0 Å². The van der Waals surface area contributed by atoms with Gasteiger partial charge in [-0.25, -0.2) is 0 Å². The van der Waals surface area contributed by atoms with Crippen molar-refractivity contribution in [1.82, 2.24) is 0 Å². The Morgan fingerprint density at radius 1 is 0.938 bits per heavy atom. The molecule has 0 aromatic carbocycles. The lowest BCUT2D eigenvalue weighted by Crippen LogP contribution is -2.33. The zero-order valence-electron chi connectivity index (χ0n) is 10.5. The zero-order chi connectivity index (χ0) is 11.8. The van der Waals surface area contributed by atoms with E-state index in [4.69, 9.17) is 20.9 Å². The number of hydrogen-bond acceptors (Lipinski definition) is 3. The molecular formula is C12H23O2PS. The molecule has 2 unspecified atom stereocenters. The summed E-state index contributed by atoms with van der Waals surface area (Å²) in [6, 6.07) is 0. The fourth-order valence-corrected chi connectivity index (χ4v) is 4.58. The monoisotopic (exact) mass is 262 g/mol. The predicted molar refractivity (Wildman–Crippen MR) is 71.3 cm³/mol. The molecule has 0 radical (unpaired) electrons. The van der Waals surface area contributed by atoms with E-state index in [9.17, 15) is 0 Å². The molecule has 1 aliphatic heterocycles. The van der Waals surface area contributed by atoms with Crippen molar-refractivity contribution in [3.63, 3.8) is 0 Å². The summed E-state index contributed by atoms with van der Waals surface area (Å²) in [4.78, 5) is 0. The molecule has 0 aromatic heterocycles. The van der Waals surface area contributed by atoms with E-state index in [-0.39, 0.29) is 0 Å². The summed E-state index contributed by atoms with van der Waals surface area (Å²) in [6.07, 6.45) is 4.07. The van der Waals surface area contributed by atoms with Gasteiger partial charge in [-0.15, -0.1) is 0 Å². The summed E-state index contributed by atoms with van der Waals surface area (Å²) in [5.74, 6) is 3.09. The van der Waals surface area contributed by atoms with E-state index in [1.165, 1.54) is 19.3 Å². The summed E-state index contributed by atoms with van der Waals surface area (Å²) in [6.45, 7) is 6.47. The molecule has 0 bridgehead atoms. The summed E-state index contributed by atoms with van der Waals surface area (Å²) in [7, 11) is 0. The predicted octanol–water partition coefficient (Wildman–Crippen LogP) is 3.66. The highest BCUT2D eigenvalue weighted by Crippen LogP contribution is 2.50. The van der Waals surface area contributed by atoms with Gasteiger partial charge in [0, 0.05) is 12.6 Å². The Morgan fingerprint density at radius 3 is 1.94 bits per heavy atom. The minimum absolute atomic E-state index is 0.584. The molecule has 0 amide bonds. The SMILES string of the molecule is CC1CC(C)CC(C2COP(C)(=S)OC2)C1. The largest absolute Gasteiger partial charge is 0.329 e. The summed E-state index contributed by atoms with van der Waals surface area (Å²) in [5, 5.41) is 0. The first-order chi connectivity index (χ1) is 7.46. The van der Waals surface area contributed by atoms with E-state index in [1.54, 1.807) is 0 Å². The molecule has 1 aliphatic carbocycles. The Kier molecular flexibility index (Phi) is 4.11. The Hall–Kier alpha value is 0.570. The van der Waals surface area contributed by atoms with E-state index >= 15 is 0 Å². The molecule has 16 heavy (non-hydrogen) atoms. The van der Waals surface area contributed by atoms with E-state index in [2.05, 4.69) is 13.8 Å². The second kappa shape index (κ2) is 5.06. The standard InChI is InChI=1S/C12H23O2PS/c1-9-4-10(2)6-11(5-9)12-7-13-15(3,16)14-8-12/h9-12H,4-8H2,1-3H3. The van der Waals surface area contributed by atoms with Gasteiger partial charge in [0.2, 0.25) is 0 Å². The average molecular weight is 262 g/mol. The van der Waals surface area contributed by atoms with Gasteiger partial charge >= 0.3 is 0 Å². The van der Waals surface area contributed by atoms with Crippen LogP contribution >= 0.6 is 6.49 Å². The van der Waals surface area contributed by atoms with Gasteiger partial charge in [0.25, 0.3) is 0 Å². The van der Waals surface area contributed by atoms with E-state index in [0.717, 1.165) is 31.0 Å². The van der Waals surface area contributed by atoms with Gasteiger partial charge in [-0.3, -0.25) is 0 Å². The minimum atomic E-state index is -1.87. The first kappa shape index (κ1) is 13.0. The first-order valence-electron chi connectivity index (χ1n) is 6.33. The van der Waals surface area contributed by atoms with Gasteiger partial charge in [-0.1, -0.05) is 13.8 Å². The fourth-order valence-electron chi connectivity index (χ4n) is 3.21. The van der Waals surface area contributed by atoms with Crippen LogP contribution in [0.3, 0.4) is 0 Å². The Morgan fingerprint density at radius 2 is 1.44 bits per heavy atom. The Balaban J connectivity index is 1.91. The van der Waals surface area contributed by atoms with E-state index in [1.807, 2.05) is 6.66 Å². The molecule has 1 saturated heterocycles. The molecule has 2 aliphatic rings. The van der Waals surface area contributed by atoms with Crippen LogP contribution in [0.15, 0.2) is 0 Å². The highest BCUT2D eigenvalue weighted by atomic mass is 32.5. The topological polar surface area (TPSA) is 18.5 Å². The van der Waals surface area contributed by atoms with Crippen LogP contribution in [-0.2, 0) is 20.9 Å². The smallest absolute Gasteiger partial charge is 0.185 e. The molecule has 4 heteroatoms. The molecule has 0 aromatic rings. The maximum Gasteiger partial charge on any atom is 0.185 e. The highest BCUT2D eigenvalue weighted by molar-refractivity contribution is 8.09. The molecule has 2 atom stereocenters. The summed E-state index contributed by atoms with van der Waals surface area (Å²) >= 11 is 5.26. The normalized spacial score (nSPS) is 50.2. The number of rotatable bonds is 1. The Labute approximate surface area is 104 Å². The van der Waals surface area contributed by atoms with Gasteiger partial charge in [0.05, 0.1) is 13.2 Å². The van der Waals surface area contributed by atoms with Crippen LogP contribution in [0.4, 0.5) is 0 Å². The molecular weight excluding hydrogens is 239 g/mol. The second-order valence-corrected chi connectivity index (χ2v) is 9.85. The van der Waals surface area contributed by atoms with E-state index in [0.29, 0.717) is 5.92 Å². The van der Waals surface area contributed by atoms with Crippen molar-refractivity contribution in [3.05, 3.63) is 0 Å². The third kappa shape index (κ3) is 3.29. The molecule has 2 nitrogen and oxygen atoms in total. The molecule has 2 fully saturated rings. The van der Waals surface area contributed by atoms with Crippen molar-refractivity contribution >= 4 is 18.3 Å². The highest BCUT2D eigenvalue weighted by Gasteiger charge is 2.34. The van der Waals surface area contributed by atoms with Crippen LogP contribution in [0.2, 0.25) is 0 Å². The lowest BCUT2D eigenvalue weighted by atomic mass is 9.72. The molecule has 0 spiro atoms. The van der Waals surface area contributed by atoms with Gasteiger partial charge in [-0.2, -0.15) is 0 Å². The van der Waals surface area contributed by atoms with Crippen LogP contribution in [0, 0.1) is 23.7 Å². The van der Waals surface area contributed by atoms with Crippen LogP contribution in [-0.4, -0.2) is 19.9 Å².